The smallest absolute Gasteiger partial charge is 0.145 e. The molecule has 0 aliphatic carbocycles. The fourth-order valence-electron chi connectivity index (χ4n) is 1.89. The first-order chi connectivity index (χ1) is 9.10. The van der Waals surface area contributed by atoms with E-state index in [-0.39, 0.29) is 10.0 Å². The first-order valence-electron chi connectivity index (χ1n) is 5.71. The summed E-state index contributed by atoms with van der Waals surface area (Å²) in [7, 11) is 1.66. The standard InChI is InChI=1S/C12H12BrF2N3S/c1-3-8-12(19-18-17-8)11(16-2)9-7(14)5-4-6(13)10(9)15/h4-5,11,16H,3H2,1-2H3. The van der Waals surface area contributed by atoms with Gasteiger partial charge in [-0.1, -0.05) is 11.4 Å². The maximum atomic E-state index is 14.2. The van der Waals surface area contributed by atoms with Crippen molar-refractivity contribution in [3.05, 3.63) is 44.4 Å². The van der Waals surface area contributed by atoms with E-state index >= 15 is 0 Å². The third kappa shape index (κ3) is 2.68. The fourth-order valence-corrected chi connectivity index (χ4v) is 3.10. The Morgan fingerprint density at radius 3 is 2.79 bits per heavy atom. The molecule has 0 radical (unpaired) electrons. The van der Waals surface area contributed by atoms with E-state index in [4.69, 9.17) is 0 Å². The summed E-state index contributed by atoms with van der Waals surface area (Å²) in [6.45, 7) is 1.93. The summed E-state index contributed by atoms with van der Waals surface area (Å²) >= 11 is 4.23. The highest BCUT2D eigenvalue weighted by atomic mass is 79.9. The molecule has 1 aromatic heterocycles. The lowest BCUT2D eigenvalue weighted by Gasteiger charge is -2.17. The number of rotatable bonds is 4. The van der Waals surface area contributed by atoms with Crippen LogP contribution in [0.5, 0.6) is 0 Å². The largest absolute Gasteiger partial charge is 0.308 e. The van der Waals surface area contributed by atoms with E-state index in [1.807, 2.05) is 6.92 Å². The van der Waals surface area contributed by atoms with E-state index in [0.717, 1.165) is 22.1 Å². The third-order valence-electron chi connectivity index (χ3n) is 2.84. The molecule has 1 unspecified atom stereocenters. The molecule has 1 heterocycles. The van der Waals surface area contributed by atoms with Gasteiger partial charge in [0.15, 0.2) is 0 Å². The zero-order valence-corrected chi connectivity index (χ0v) is 12.8. The monoisotopic (exact) mass is 347 g/mol. The van der Waals surface area contributed by atoms with Gasteiger partial charge in [-0.25, -0.2) is 8.78 Å². The Hall–Kier alpha value is -0.920. The predicted octanol–water partition coefficient (Wildman–Crippen LogP) is 3.45. The van der Waals surface area contributed by atoms with Crippen molar-refractivity contribution in [1.29, 1.82) is 0 Å². The molecule has 1 atom stereocenters. The molecule has 1 aromatic carbocycles. The van der Waals surface area contributed by atoms with Gasteiger partial charge in [0.1, 0.15) is 11.6 Å². The summed E-state index contributed by atoms with van der Waals surface area (Å²) in [6, 6.07) is 2.01. The van der Waals surface area contributed by atoms with Gasteiger partial charge in [-0.3, -0.25) is 0 Å². The number of aromatic nitrogens is 2. The third-order valence-corrected chi connectivity index (χ3v) is 4.28. The van der Waals surface area contributed by atoms with E-state index in [1.54, 1.807) is 7.05 Å². The Balaban J connectivity index is 2.58. The minimum Gasteiger partial charge on any atom is -0.308 e. The van der Waals surface area contributed by atoms with Gasteiger partial charge in [-0.2, -0.15) is 0 Å². The zero-order valence-electron chi connectivity index (χ0n) is 10.4. The first kappa shape index (κ1) is 14.5. The molecule has 0 saturated carbocycles. The van der Waals surface area contributed by atoms with E-state index in [2.05, 4.69) is 30.8 Å². The van der Waals surface area contributed by atoms with Crippen molar-refractivity contribution in [1.82, 2.24) is 14.9 Å². The van der Waals surface area contributed by atoms with Gasteiger partial charge in [0, 0.05) is 5.56 Å². The molecular weight excluding hydrogens is 336 g/mol. The molecule has 2 aromatic rings. The molecule has 2 rings (SSSR count). The molecule has 3 nitrogen and oxygen atoms in total. The van der Waals surface area contributed by atoms with E-state index in [9.17, 15) is 8.78 Å². The summed E-state index contributed by atoms with van der Waals surface area (Å²) in [6.07, 6.45) is 0.668. The van der Waals surface area contributed by atoms with Crippen LogP contribution in [0.25, 0.3) is 0 Å². The molecule has 0 aliphatic rings. The van der Waals surface area contributed by atoms with Crippen molar-refractivity contribution in [3.8, 4) is 0 Å². The lowest BCUT2D eigenvalue weighted by atomic mass is 10.0. The maximum Gasteiger partial charge on any atom is 0.145 e. The van der Waals surface area contributed by atoms with Crippen LogP contribution in [0.1, 0.15) is 29.1 Å². The van der Waals surface area contributed by atoms with Gasteiger partial charge < -0.3 is 5.32 Å². The highest BCUT2D eigenvalue weighted by molar-refractivity contribution is 9.10. The molecule has 0 spiro atoms. The predicted molar refractivity (Wildman–Crippen MR) is 74.2 cm³/mol. The van der Waals surface area contributed by atoms with Crippen LogP contribution in [0.15, 0.2) is 16.6 Å². The number of nitrogens with one attached hydrogen (secondary N) is 1. The number of benzene rings is 1. The van der Waals surface area contributed by atoms with Crippen LogP contribution < -0.4 is 5.32 Å². The van der Waals surface area contributed by atoms with Gasteiger partial charge in [0.05, 0.1) is 21.1 Å². The van der Waals surface area contributed by atoms with Crippen LogP contribution in [0, 0.1) is 11.6 Å². The highest BCUT2D eigenvalue weighted by Crippen LogP contribution is 2.33. The van der Waals surface area contributed by atoms with Gasteiger partial charge in [0.2, 0.25) is 0 Å². The Labute approximate surface area is 122 Å². The van der Waals surface area contributed by atoms with Crippen molar-refractivity contribution in [2.45, 2.75) is 19.4 Å². The Morgan fingerprint density at radius 2 is 2.16 bits per heavy atom. The van der Waals surface area contributed by atoms with Crippen LogP contribution in [-0.2, 0) is 6.42 Å². The molecule has 102 valence electrons. The van der Waals surface area contributed by atoms with Crippen LogP contribution in [-0.4, -0.2) is 16.6 Å². The van der Waals surface area contributed by atoms with Crippen molar-refractivity contribution < 1.29 is 8.78 Å². The summed E-state index contributed by atoms with van der Waals surface area (Å²) in [5.74, 6) is -1.19. The molecule has 7 heteroatoms. The lowest BCUT2D eigenvalue weighted by molar-refractivity contribution is 0.520. The summed E-state index contributed by atoms with van der Waals surface area (Å²) in [4.78, 5) is 0.737. The Morgan fingerprint density at radius 1 is 1.42 bits per heavy atom. The minimum atomic E-state index is -0.602. The van der Waals surface area contributed by atoms with Gasteiger partial charge in [0.25, 0.3) is 0 Å². The van der Waals surface area contributed by atoms with Crippen molar-refractivity contribution in [2.75, 3.05) is 7.05 Å². The summed E-state index contributed by atoms with van der Waals surface area (Å²) < 4.78 is 32.2. The minimum absolute atomic E-state index is 0.0161. The Bertz CT molecular complexity index is 588. The molecule has 0 aliphatic heterocycles. The second-order valence-electron chi connectivity index (χ2n) is 3.92. The second kappa shape index (κ2) is 6.02. The van der Waals surface area contributed by atoms with Crippen molar-refractivity contribution >= 4 is 27.5 Å². The SMILES string of the molecule is CCc1nnsc1C(NC)c1c(F)ccc(Br)c1F. The normalized spacial score (nSPS) is 12.7. The van der Waals surface area contributed by atoms with E-state index in [1.165, 1.54) is 12.1 Å². The molecule has 0 amide bonds. The molecule has 19 heavy (non-hydrogen) atoms. The van der Waals surface area contributed by atoms with Crippen LogP contribution in [0.3, 0.4) is 0 Å². The molecule has 0 fully saturated rings. The molecular formula is C12H12BrF2N3S. The molecule has 0 bridgehead atoms. The van der Waals surface area contributed by atoms with Crippen LogP contribution in [0.4, 0.5) is 8.78 Å². The number of hydrogen-bond acceptors (Lipinski definition) is 4. The Kier molecular flexibility index (Phi) is 4.59. The topological polar surface area (TPSA) is 37.8 Å². The average Bonchev–Trinajstić information content (AvgIpc) is 2.87. The number of halogens is 3. The van der Waals surface area contributed by atoms with Crippen LogP contribution >= 0.6 is 27.5 Å². The first-order valence-corrected chi connectivity index (χ1v) is 7.28. The maximum absolute atomic E-state index is 14.2. The second-order valence-corrected chi connectivity index (χ2v) is 5.56. The molecule has 1 N–H and O–H groups in total. The van der Waals surface area contributed by atoms with E-state index in [0.29, 0.717) is 6.42 Å². The number of nitrogens with zero attached hydrogens (tertiary/aromatic N) is 2. The molecule has 0 saturated heterocycles. The average molecular weight is 348 g/mol. The van der Waals surface area contributed by atoms with Gasteiger partial charge in [-0.15, -0.1) is 5.10 Å². The summed E-state index contributed by atoms with van der Waals surface area (Å²) in [5.41, 5.74) is 0.737. The lowest BCUT2D eigenvalue weighted by Crippen LogP contribution is -2.21. The summed E-state index contributed by atoms with van der Waals surface area (Å²) in [5, 5.41) is 6.92. The van der Waals surface area contributed by atoms with Gasteiger partial charge in [-0.05, 0) is 53.1 Å². The van der Waals surface area contributed by atoms with Crippen molar-refractivity contribution in [2.24, 2.45) is 0 Å². The van der Waals surface area contributed by atoms with Gasteiger partial charge >= 0.3 is 0 Å². The van der Waals surface area contributed by atoms with Crippen LogP contribution in [0.2, 0.25) is 0 Å². The van der Waals surface area contributed by atoms with E-state index < -0.39 is 17.7 Å². The highest BCUT2D eigenvalue weighted by Gasteiger charge is 2.26. The fraction of sp³-hybridized carbons (Fsp3) is 0.333. The number of hydrogen-bond donors (Lipinski definition) is 1. The quantitative estimate of drug-likeness (QED) is 0.860. The van der Waals surface area contributed by atoms with Crippen molar-refractivity contribution in [3.63, 3.8) is 0 Å². The number of aryl methyl sites for hydroxylation is 1. The zero-order chi connectivity index (χ0) is 14.0.